The van der Waals surface area contributed by atoms with Crippen molar-refractivity contribution in [2.75, 3.05) is 31.6 Å². The van der Waals surface area contributed by atoms with Gasteiger partial charge in [-0.1, -0.05) is 73.5 Å². The number of halogens is 5. The molecular weight excluding hydrogens is 770 g/mol. The second kappa shape index (κ2) is 18.3. The van der Waals surface area contributed by atoms with Crippen LogP contribution in [0.4, 0.5) is 27.8 Å². The number of carbonyl (C=O) groups is 1. The molecule has 4 aromatic rings. The van der Waals surface area contributed by atoms with Crippen LogP contribution in [0.3, 0.4) is 0 Å². The van der Waals surface area contributed by atoms with Crippen molar-refractivity contribution < 1.29 is 31.5 Å². The molecule has 0 radical (unpaired) electrons. The molecule has 3 unspecified atom stereocenters. The molecule has 2 aromatic carbocycles. The maximum atomic E-state index is 16.6. The van der Waals surface area contributed by atoms with Crippen molar-refractivity contribution in [2.45, 2.75) is 118 Å². The number of carbonyl (C=O) groups excluding carboxylic acids is 1. The van der Waals surface area contributed by atoms with Crippen molar-refractivity contribution >= 4 is 44.1 Å². The zero-order chi connectivity index (χ0) is 42.7. The topological polar surface area (TPSA) is 82.3 Å². The predicted molar refractivity (Wildman–Crippen MR) is 223 cm³/mol. The van der Waals surface area contributed by atoms with Crippen LogP contribution < -0.4 is 9.64 Å². The molecule has 0 N–H and O–H groups in total. The number of aromatic nitrogens is 2. The highest BCUT2D eigenvalue weighted by Crippen LogP contribution is 2.55. The Morgan fingerprint density at radius 3 is 2.40 bits per heavy atom. The Balaban J connectivity index is 0.000000360. The summed E-state index contributed by atoms with van der Waals surface area (Å²) in [5, 5.41) is 9.68. The number of rotatable bonds is 13. The molecule has 6 rings (SSSR count). The molecule has 3 heterocycles. The lowest BCUT2D eigenvalue weighted by atomic mass is 9.84. The SMILES string of the molecule is C=CC(=O)N1CCN(c2nc(OC)nc3c(F)c(-c4ccc(F)c5sc(C(C)C)c(C#N)c45)c(C(F)(F)F)cc23)CC1C.CCCCC1(CC(C)CC(C)CC)CC1. The van der Waals surface area contributed by atoms with E-state index in [0.29, 0.717) is 4.88 Å². The first kappa shape index (κ1) is 44.8. The van der Waals surface area contributed by atoms with Gasteiger partial charge in [-0.3, -0.25) is 4.79 Å². The van der Waals surface area contributed by atoms with Crippen LogP contribution in [0.15, 0.2) is 30.9 Å². The van der Waals surface area contributed by atoms with Crippen LogP contribution in [0.1, 0.15) is 122 Å². The van der Waals surface area contributed by atoms with Crippen LogP contribution in [0.5, 0.6) is 6.01 Å². The molecule has 7 nitrogen and oxygen atoms in total. The molecule has 314 valence electrons. The summed E-state index contributed by atoms with van der Waals surface area (Å²) >= 11 is 0.958. The zero-order valence-electron chi connectivity index (χ0n) is 35.0. The van der Waals surface area contributed by atoms with E-state index in [9.17, 15) is 27.6 Å². The minimum absolute atomic E-state index is 0.000918. The molecule has 1 saturated heterocycles. The number of unbranched alkanes of at least 4 members (excludes halogenated alkanes) is 1. The van der Waals surface area contributed by atoms with Crippen LogP contribution in [-0.4, -0.2) is 53.6 Å². The lowest BCUT2D eigenvalue weighted by Crippen LogP contribution is -2.54. The molecule has 0 bridgehead atoms. The number of ether oxygens (including phenoxy) is 1. The number of benzene rings is 2. The smallest absolute Gasteiger partial charge is 0.417 e. The van der Waals surface area contributed by atoms with E-state index in [0.717, 1.165) is 46.8 Å². The van der Waals surface area contributed by atoms with Crippen LogP contribution in [-0.2, 0) is 11.0 Å². The van der Waals surface area contributed by atoms with Gasteiger partial charge in [-0.25, -0.2) is 8.78 Å². The summed E-state index contributed by atoms with van der Waals surface area (Å²) in [5.41, 5.74) is -2.07. The Kier molecular flexibility index (Phi) is 14.1. The monoisotopic (exact) mass is 825 g/mol. The highest BCUT2D eigenvalue weighted by atomic mass is 32.1. The molecule has 13 heteroatoms. The Bertz CT molecular complexity index is 2170. The van der Waals surface area contributed by atoms with Crippen molar-refractivity contribution in [2.24, 2.45) is 17.3 Å². The van der Waals surface area contributed by atoms with Gasteiger partial charge in [0.25, 0.3) is 0 Å². The maximum absolute atomic E-state index is 16.6. The van der Waals surface area contributed by atoms with Crippen molar-refractivity contribution in [1.29, 1.82) is 5.26 Å². The van der Waals surface area contributed by atoms with E-state index in [2.05, 4.69) is 44.2 Å². The van der Waals surface area contributed by atoms with Gasteiger partial charge in [0.05, 0.1) is 22.9 Å². The Morgan fingerprint density at radius 2 is 1.84 bits per heavy atom. The average molecular weight is 826 g/mol. The number of amides is 1. The molecule has 0 spiro atoms. The predicted octanol–water partition coefficient (Wildman–Crippen LogP) is 12.5. The summed E-state index contributed by atoms with van der Waals surface area (Å²) in [7, 11) is 1.25. The first-order valence-corrected chi connectivity index (χ1v) is 21.2. The van der Waals surface area contributed by atoms with Gasteiger partial charge < -0.3 is 14.5 Å². The minimum Gasteiger partial charge on any atom is -0.467 e. The van der Waals surface area contributed by atoms with E-state index in [4.69, 9.17) is 4.74 Å². The standard InChI is InChI=1S/C30H26F5N5O2S.C15H30/c1-6-21(41)40-10-9-39(13-15(40)4)28-17-11-19(30(33,34)35)23(24(32)25(17)37-29(38-28)42-5)16-7-8-20(31)27-22(16)18(12-36)26(43-27)14(2)3;1-5-7-8-15(9-10-15)12-14(4)11-13(3)6-2/h6-8,11,14-15H,1,9-10,13H2,2-5H3;13-14H,5-12H2,1-4H3. The van der Waals surface area contributed by atoms with Crippen LogP contribution in [0, 0.1) is 40.2 Å². The van der Waals surface area contributed by atoms with E-state index < -0.39 is 34.5 Å². The summed E-state index contributed by atoms with van der Waals surface area (Å²) in [4.78, 5) is 24.3. The van der Waals surface area contributed by atoms with Gasteiger partial charge in [0.15, 0.2) is 5.82 Å². The fraction of sp³-hybridized carbons (Fsp3) is 0.556. The summed E-state index contributed by atoms with van der Waals surface area (Å²) in [6.45, 7) is 19.0. The number of methoxy groups -OCH3 is 1. The van der Waals surface area contributed by atoms with Gasteiger partial charge in [0.1, 0.15) is 23.2 Å². The molecule has 2 aliphatic rings. The van der Waals surface area contributed by atoms with Crippen LogP contribution in [0.2, 0.25) is 0 Å². The molecule has 1 saturated carbocycles. The quantitative estimate of drug-likeness (QED) is 0.0986. The van der Waals surface area contributed by atoms with Crippen molar-refractivity contribution in [1.82, 2.24) is 14.9 Å². The number of piperazine rings is 1. The molecule has 3 atom stereocenters. The Morgan fingerprint density at radius 1 is 1.14 bits per heavy atom. The van der Waals surface area contributed by atoms with E-state index in [1.54, 1.807) is 30.6 Å². The number of nitrogens with zero attached hydrogens (tertiary/aromatic N) is 5. The number of alkyl halides is 3. The van der Waals surface area contributed by atoms with Crippen LogP contribution >= 0.6 is 11.3 Å². The third-order valence-electron chi connectivity index (χ3n) is 11.8. The summed E-state index contributed by atoms with van der Waals surface area (Å²) in [5.74, 6) is -0.655. The Hall–Kier alpha value is -4.31. The van der Waals surface area contributed by atoms with Gasteiger partial charge in [-0.15, -0.1) is 11.3 Å². The van der Waals surface area contributed by atoms with Gasteiger partial charge >= 0.3 is 12.2 Å². The third-order valence-corrected chi connectivity index (χ3v) is 13.3. The van der Waals surface area contributed by atoms with E-state index in [-0.39, 0.29) is 75.9 Å². The van der Waals surface area contributed by atoms with Gasteiger partial charge in [-0.2, -0.15) is 28.4 Å². The molecular formula is C45H56F5N5O2S. The fourth-order valence-electron chi connectivity index (χ4n) is 8.48. The van der Waals surface area contributed by atoms with E-state index >= 15 is 4.39 Å². The number of fused-ring (bicyclic) bond motifs is 2. The van der Waals surface area contributed by atoms with Gasteiger partial charge in [0, 0.05) is 46.9 Å². The van der Waals surface area contributed by atoms with Gasteiger partial charge in [-0.05, 0) is 86.0 Å². The normalized spacial score (nSPS) is 17.5. The second-order valence-corrected chi connectivity index (χ2v) is 17.7. The molecule has 1 aliphatic heterocycles. The molecule has 1 amide bonds. The number of hydrogen-bond donors (Lipinski definition) is 0. The Labute approximate surface area is 343 Å². The highest BCUT2D eigenvalue weighted by molar-refractivity contribution is 7.19. The largest absolute Gasteiger partial charge is 0.467 e. The van der Waals surface area contributed by atoms with Crippen molar-refractivity contribution in [3.05, 3.63) is 58.5 Å². The fourth-order valence-corrected chi connectivity index (χ4v) is 9.67. The van der Waals surface area contributed by atoms with Crippen LogP contribution in [0.25, 0.3) is 32.1 Å². The minimum atomic E-state index is -5.05. The van der Waals surface area contributed by atoms with Crippen molar-refractivity contribution in [3.8, 4) is 23.2 Å². The first-order chi connectivity index (χ1) is 27.4. The highest BCUT2D eigenvalue weighted by Gasteiger charge is 2.42. The summed E-state index contributed by atoms with van der Waals surface area (Å²) < 4.78 is 81.0. The van der Waals surface area contributed by atoms with E-state index in [1.165, 1.54) is 64.6 Å². The van der Waals surface area contributed by atoms with Crippen molar-refractivity contribution in [3.63, 3.8) is 0 Å². The number of anilines is 1. The maximum Gasteiger partial charge on any atom is 0.417 e. The molecule has 2 fully saturated rings. The first-order valence-electron chi connectivity index (χ1n) is 20.4. The lowest BCUT2D eigenvalue weighted by Gasteiger charge is -2.40. The number of nitriles is 1. The average Bonchev–Trinajstić information content (AvgIpc) is 3.82. The second-order valence-electron chi connectivity index (χ2n) is 16.6. The molecule has 1 aliphatic carbocycles. The third kappa shape index (κ3) is 9.43. The summed E-state index contributed by atoms with van der Waals surface area (Å²) in [6.07, 6.45) is 7.84. The lowest BCUT2D eigenvalue weighted by molar-refractivity contribution is -0.137. The number of thiophene rings is 1. The number of hydrogen-bond acceptors (Lipinski definition) is 7. The zero-order valence-corrected chi connectivity index (χ0v) is 35.8. The summed E-state index contributed by atoms with van der Waals surface area (Å²) in [6, 6.07) is 4.18. The molecule has 2 aromatic heterocycles. The van der Waals surface area contributed by atoms with Gasteiger partial charge in [0.2, 0.25) is 5.91 Å². The molecule has 58 heavy (non-hydrogen) atoms. The van der Waals surface area contributed by atoms with E-state index in [1.807, 2.05) is 6.07 Å².